The summed E-state index contributed by atoms with van der Waals surface area (Å²) in [5.41, 5.74) is 0. The van der Waals surface area contributed by atoms with E-state index in [2.05, 4.69) is 13.8 Å². The lowest BCUT2D eigenvalue weighted by Gasteiger charge is -2.14. The Kier molecular flexibility index (Phi) is 6.20. The fraction of sp³-hybridized carbons (Fsp3) is 1.00. The van der Waals surface area contributed by atoms with Gasteiger partial charge in [-0.1, -0.05) is 26.7 Å². The van der Waals surface area contributed by atoms with Gasteiger partial charge in [-0.05, 0) is 25.2 Å². The van der Waals surface area contributed by atoms with Gasteiger partial charge in [-0.25, -0.2) is 0 Å². The minimum absolute atomic E-state index is 0.557. The molecular weight excluding hydrogens is 176 g/mol. The summed E-state index contributed by atoms with van der Waals surface area (Å²) in [6.45, 7) is 7.29. The quantitative estimate of drug-likeness (QED) is 0.421. The first-order valence-corrected chi connectivity index (χ1v) is 6.06. The highest BCUT2D eigenvalue weighted by Crippen LogP contribution is 2.23. The smallest absolute Gasteiger partial charge is 0.0813 e. The minimum atomic E-state index is 0.557. The largest absolute Gasteiger partial charge is 0.381 e. The summed E-state index contributed by atoms with van der Waals surface area (Å²) in [7, 11) is 0. The Morgan fingerprint density at radius 3 is 2.71 bits per heavy atom. The number of hydrogen-bond acceptors (Lipinski definition) is 2. The van der Waals surface area contributed by atoms with Crippen LogP contribution in [0.5, 0.6) is 0 Å². The molecule has 0 bridgehead atoms. The summed E-state index contributed by atoms with van der Waals surface area (Å²) in [5, 5.41) is 0. The number of rotatable bonds is 9. The summed E-state index contributed by atoms with van der Waals surface area (Å²) in [6.07, 6.45) is 6.73. The number of unbranched alkanes of at least 4 members (excludes halogenated alkanes) is 1. The van der Waals surface area contributed by atoms with Crippen molar-refractivity contribution < 1.29 is 9.47 Å². The summed E-state index contributed by atoms with van der Waals surface area (Å²) >= 11 is 0. The Morgan fingerprint density at radius 1 is 1.36 bits per heavy atom. The first kappa shape index (κ1) is 12.0. The van der Waals surface area contributed by atoms with E-state index in [4.69, 9.17) is 9.47 Å². The molecule has 0 radical (unpaired) electrons. The maximum atomic E-state index is 5.66. The van der Waals surface area contributed by atoms with E-state index in [0.717, 1.165) is 25.7 Å². The molecule has 0 saturated carbocycles. The van der Waals surface area contributed by atoms with E-state index < -0.39 is 0 Å². The molecule has 1 heterocycles. The fourth-order valence-corrected chi connectivity index (χ4v) is 1.75. The molecule has 1 saturated heterocycles. The predicted molar refractivity (Wildman–Crippen MR) is 58.5 cm³/mol. The van der Waals surface area contributed by atoms with Gasteiger partial charge in [0, 0.05) is 13.2 Å². The van der Waals surface area contributed by atoms with Crippen LogP contribution in [0.15, 0.2) is 0 Å². The topological polar surface area (TPSA) is 21.8 Å². The molecule has 84 valence electrons. The molecule has 0 aromatic carbocycles. The predicted octanol–water partition coefficient (Wildman–Crippen LogP) is 3.01. The van der Waals surface area contributed by atoms with Crippen LogP contribution >= 0.6 is 0 Å². The maximum absolute atomic E-state index is 5.66. The van der Waals surface area contributed by atoms with Crippen molar-refractivity contribution in [3.8, 4) is 0 Å². The lowest BCUT2D eigenvalue weighted by Crippen LogP contribution is -2.12. The van der Waals surface area contributed by atoms with E-state index in [1.165, 1.54) is 32.1 Å². The third-order valence-corrected chi connectivity index (χ3v) is 2.69. The van der Waals surface area contributed by atoms with Gasteiger partial charge < -0.3 is 9.47 Å². The molecule has 1 fully saturated rings. The summed E-state index contributed by atoms with van der Waals surface area (Å²) < 4.78 is 10.9. The number of hydrogen-bond donors (Lipinski definition) is 0. The molecule has 0 amide bonds. The van der Waals surface area contributed by atoms with E-state index in [1.807, 2.05) is 0 Å². The monoisotopic (exact) mass is 200 g/mol. The van der Waals surface area contributed by atoms with E-state index in [1.54, 1.807) is 0 Å². The first-order chi connectivity index (χ1) is 6.86. The van der Waals surface area contributed by atoms with E-state index in [0.29, 0.717) is 6.10 Å². The molecule has 0 aliphatic carbocycles. The molecule has 2 unspecified atom stereocenters. The van der Waals surface area contributed by atoms with Crippen molar-refractivity contribution >= 4 is 0 Å². The van der Waals surface area contributed by atoms with E-state index >= 15 is 0 Å². The average Bonchev–Trinajstić information content (AvgIpc) is 2.96. The lowest BCUT2D eigenvalue weighted by atomic mass is 9.99. The second kappa shape index (κ2) is 7.24. The highest BCUT2D eigenvalue weighted by Gasteiger charge is 2.26. The Labute approximate surface area is 88.0 Å². The normalized spacial score (nSPS) is 22.3. The Bertz CT molecular complexity index is 132. The highest BCUT2D eigenvalue weighted by atomic mass is 16.6. The average molecular weight is 200 g/mol. The lowest BCUT2D eigenvalue weighted by molar-refractivity contribution is 0.0875. The van der Waals surface area contributed by atoms with Gasteiger partial charge in [0.1, 0.15) is 0 Å². The molecule has 0 spiro atoms. The zero-order valence-corrected chi connectivity index (χ0v) is 9.63. The zero-order valence-electron chi connectivity index (χ0n) is 9.63. The molecular formula is C12H24O2. The van der Waals surface area contributed by atoms with Crippen molar-refractivity contribution in [3.05, 3.63) is 0 Å². The van der Waals surface area contributed by atoms with E-state index in [9.17, 15) is 0 Å². The van der Waals surface area contributed by atoms with Gasteiger partial charge in [-0.2, -0.15) is 0 Å². The second-order valence-electron chi connectivity index (χ2n) is 4.27. The molecule has 0 aromatic heterocycles. The number of ether oxygens (including phenoxy) is 2. The highest BCUT2D eigenvalue weighted by molar-refractivity contribution is 4.73. The van der Waals surface area contributed by atoms with Crippen LogP contribution in [0.25, 0.3) is 0 Å². The fourth-order valence-electron chi connectivity index (χ4n) is 1.75. The van der Waals surface area contributed by atoms with Crippen LogP contribution in [0.3, 0.4) is 0 Å². The van der Waals surface area contributed by atoms with Crippen molar-refractivity contribution in [2.24, 2.45) is 5.92 Å². The van der Waals surface area contributed by atoms with Crippen molar-refractivity contribution in [2.75, 3.05) is 19.8 Å². The molecule has 1 aliphatic heterocycles. The van der Waals surface area contributed by atoms with Crippen molar-refractivity contribution in [1.82, 2.24) is 0 Å². The second-order valence-corrected chi connectivity index (χ2v) is 4.27. The van der Waals surface area contributed by atoms with Crippen LogP contribution in [-0.4, -0.2) is 25.9 Å². The van der Waals surface area contributed by atoms with Crippen LogP contribution < -0.4 is 0 Å². The zero-order chi connectivity index (χ0) is 10.2. The molecule has 1 rings (SSSR count). The minimum Gasteiger partial charge on any atom is -0.381 e. The van der Waals surface area contributed by atoms with Crippen molar-refractivity contribution in [1.29, 1.82) is 0 Å². The van der Waals surface area contributed by atoms with Gasteiger partial charge in [-0.15, -0.1) is 0 Å². The van der Waals surface area contributed by atoms with Gasteiger partial charge >= 0.3 is 0 Å². The molecule has 2 heteroatoms. The maximum Gasteiger partial charge on any atom is 0.0813 e. The van der Waals surface area contributed by atoms with Crippen molar-refractivity contribution in [3.63, 3.8) is 0 Å². The summed E-state index contributed by atoms with van der Waals surface area (Å²) in [4.78, 5) is 0. The van der Waals surface area contributed by atoms with Crippen LogP contribution in [0.2, 0.25) is 0 Å². The van der Waals surface area contributed by atoms with Gasteiger partial charge in [0.05, 0.1) is 12.7 Å². The van der Waals surface area contributed by atoms with Crippen molar-refractivity contribution in [2.45, 2.75) is 52.1 Å². The first-order valence-electron chi connectivity index (χ1n) is 6.06. The molecule has 2 nitrogen and oxygen atoms in total. The van der Waals surface area contributed by atoms with E-state index in [-0.39, 0.29) is 0 Å². The molecule has 0 N–H and O–H groups in total. The van der Waals surface area contributed by atoms with Gasteiger partial charge in [0.2, 0.25) is 0 Å². The Balaban J connectivity index is 2.01. The van der Waals surface area contributed by atoms with Crippen LogP contribution in [-0.2, 0) is 9.47 Å². The third kappa shape index (κ3) is 5.61. The molecule has 1 aliphatic rings. The Hall–Kier alpha value is -0.0800. The van der Waals surface area contributed by atoms with Crippen LogP contribution in [0.4, 0.5) is 0 Å². The third-order valence-electron chi connectivity index (χ3n) is 2.69. The summed E-state index contributed by atoms with van der Waals surface area (Å²) in [5.74, 6) is 0.726. The van der Waals surface area contributed by atoms with Crippen LogP contribution in [0, 0.1) is 5.92 Å². The molecule has 0 aromatic rings. The SMILES string of the molecule is CCCCOCC(CCC)CC1CO1. The van der Waals surface area contributed by atoms with Gasteiger partial charge in [0.15, 0.2) is 0 Å². The molecule has 2 atom stereocenters. The number of epoxide rings is 1. The Morgan fingerprint density at radius 2 is 2.14 bits per heavy atom. The standard InChI is InChI=1S/C12H24O2/c1-3-5-7-13-9-11(6-4-2)8-12-10-14-12/h11-12H,3-10H2,1-2H3. The summed E-state index contributed by atoms with van der Waals surface area (Å²) in [6, 6.07) is 0. The van der Waals surface area contributed by atoms with Gasteiger partial charge in [0.25, 0.3) is 0 Å². The van der Waals surface area contributed by atoms with Gasteiger partial charge in [-0.3, -0.25) is 0 Å². The molecule has 14 heavy (non-hydrogen) atoms. The van der Waals surface area contributed by atoms with Crippen LogP contribution in [0.1, 0.15) is 46.0 Å².